The molecule has 0 aliphatic carbocycles. The van der Waals surface area contributed by atoms with Crippen LogP contribution in [0.1, 0.15) is 13.0 Å². The van der Waals surface area contributed by atoms with E-state index in [-0.39, 0.29) is 11.7 Å². The number of hydrogen-bond donors (Lipinski definition) is 1. The third-order valence-corrected chi connectivity index (χ3v) is 2.83. The van der Waals surface area contributed by atoms with E-state index in [4.69, 9.17) is 0 Å². The van der Waals surface area contributed by atoms with E-state index in [0.29, 0.717) is 0 Å². The van der Waals surface area contributed by atoms with Crippen molar-refractivity contribution < 1.29 is 0 Å². The molecule has 2 aromatic rings. The average molecular weight is 201 g/mol. The zero-order valence-electron chi connectivity index (χ0n) is 8.40. The van der Waals surface area contributed by atoms with Crippen LogP contribution in [-0.2, 0) is 0 Å². The molecule has 3 rings (SSSR count). The van der Waals surface area contributed by atoms with Gasteiger partial charge in [0.05, 0.1) is 11.6 Å². The van der Waals surface area contributed by atoms with Gasteiger partial charge in [0.2, 0.25) is 0 Å². The third-order valence-electron chi connectivity index (χ3n) is 2.83. The largest absolute Gasteiger partial charge is 0.369 e. The summed E-state index contributed by atoms with van der Waals surface area (Å²) < 4.78 is 1.72. The first kappa shape index (κ1) is 8.47. The average Bonchev–Trinajstić information content (AvgIpc) is 2.62. The smallest absolute Gasteiger partial charge is 0.350 e. The molecule has 0 amide bonds. The van der Waals surface area contributed by atoms with E-state index in [9.17, 15) is 4.79 Å². The van der Waals surface area contributed by atoms with Crippen LogP contribution in [0, 0.1) is 0 Å². The number of benzene rings is 1. The normalized spacial score (nSPS) is 18.9. The summed E-state index contributed by atoms with van der Waals surface area (Å²) in [6.07, 6.45) is 0. The fourth-order valence-corrected chi connectivity index (χ4v) is 2.08. The van der Waals surface area contributed by atoms with Crippen molar-refractivity contribution in [1.29, 1.82) is 0 Å². The first-order chi connectivity index (χ1) is 7.27. The molecule has 15 heavy (non-hydrogen) atoms. The molecule has 1 atom stereocenters. The van der Waals surface area contributed by atoms with Gasteiger partial charge in [-0.1, -0.05) is 12.1 Å². The van der Waals surface area contributed by atoms with E-state index in [0.717, 1.165) is 23.3 Å². The Balaban J connectivity index is 2.49. The van der Waals surface area contributed by atoms with Crippen LogP contribution in [0.5, 0.6) is 0 Å². The lowest BCUT2D eigenvalue weighted by Crippen LogP contribution is -2.23. The van der Waals surface area contributed by atoms with Gasteiger partial charge in [-0.25, -0.2) is 4.79 Å². The van der Waals surface area contributed by atoms with Crippen molar-refractivity contribution in [3.8, 4) is 0 Å². The van der Waals surface area contributed by atoms with Crippen molar-refractivity contribution in [3.05, 3.63) is 34.7 Å². The van der Waals surface area contributed by atoms with Crippen molar-refractivity contribution in [2.24, 2.45) is 0 Å². The SMILES string of the molecule is CC1CNc2c3ccccc3nc(=O)n21. The standard InChI is InChI=1S/C11H11N3O/c1-7-6-12-10-8-4-2-3-5-9(8)13-11(15)14(7)10/h2-5,7,12H,6H2,1H3. The van der Waals surface area contributed by atoms with Crippen LogP contribution >= 0.6 is 0 Å². The number of aromatic nitrogens is 2. The van der Waals surface area contributed by atoms with E-state index in [1.807, 2.05) is 31.2 Å². The molecule has 4 heteroatoms. The van der Waals surface area contributed by atoms with Gasteiger partial charge in [-0.2, -0.15) is 4.98 Å². The molecule has 0 fully saturated rings. The number of fused-ring (bicyclic) bond motifs is 3. The van der Waals surface area contributed by atoms with Crippen molar-refractivity contribution in [3.63, 3.8) is 0 Å². The molecule has 1 aliphatic heterocycles. The second kappa shape index (κ2) is 2.82. The Morgan fingerprint density at radius 2 is 2.27 bits per heavy atom. The Bertz CT molecular complexity index is 588. The highest BCUT2D eigenvalue weighted by Gasteiger charge is 2.21. The minimum absolute atomic E-state index is 0.166. The lowest BCUT2D eigenvalue weighted by molar-refractivity contribution is 0.599. The lowest BCUT2D eigenvalue weighted by Gasteiger charge is -2.07. The van der Waals surface area contributed by atoms with Crippen LogP contribution in [0.2, 0.25) is 0 Å². The Labute approximate surface area is 86.6 Å². The quantitative estimate of drug-likeness (QED) is 0.700. The van der Waals surface area contributed by atoms with E-state index in [1.54, 1.807) is 4.57 Å². The highest BCUT2D eigenvalue weighted by molar-refractivity contribution is 5.89. The zero-order chi connectivity index (χ0) is 10.4. The summed E-state index contributed by atoms with van der Waals surface area (Å²) in [6, 6.07) is 7.88. The molecule has 0 spiro atoms. The number of rotatable bonds is 0. The van der Waals surface area contributed by atoms with Gasteiger partial charge in [-0.15, -0.1) is 0 Å². The van der Waals surface area contributed by atoms with Crippen LogP contribution in [-0.4, -0.2) is 16.1 Å². The highest BCUT2D eigenvalue weighted by atomic mass is 16.1. The first-order valence-corrected chi connectivity index (χ1v) is 5.02. The molecular weight excluding hydrogens is 190 g/mol. The van der Waals surface area contributed by atoms with Gasteiger partial charge in [0.1, 0.15) is 5.82 Å². The summed E-state index contributed by atoms with van der Waals surface area (Å²) >= 11 is 0. The summed E-state index contributed by atoms with van der Waals surface area (Å²) in [5, 5.41) is 4.27. The minimum Gasteiger partial charge on any atom is -0.369 e. The van der Waals surface area contributed by atoms with Gasteiger partial charge in [-0.3, -0.25) is 4.57 Å². The fourth-order valence-electron chi connectivity index (χ4n) is 2.08. The van der Waals surface area contributed by atoms with E-state index < -0.39 is 0 Å². The second-order valence-electron chi connectivity index (χ2n) is 3.86. The number of nitrogens with zero attached hydrogens (tertiary/aromatic N) is 2. The van der Waals surface area contributed by atoms with Crippen molar-refractivity contribution >= 4 is 16.7 Å². The van der Waals surface area contributed by atoms with Crippen LogP contribution < -0.4 is 11.0 Å². The third kappa shape index (κ3) is 1.08. The van der Waals surface area contributed by atoms with Crippen LogP contribution in [0.15, 0.2) is 29.1 Å². The number of nitrogens with one attached hydrogen (secondary N) is 1. The Hall–Kier alpha value is -1.84. The molecule has 0 saturated heterocycles. The molecule has 1 aromatic heterocycles. The molecule has 4 nitrogen and oxygen atoms in total. The molecule has 0 saturated carbocycles. The molecule has 76 valence electrons. The summed E-state index contributed by atoms with van der Waals surface area (Å²) in [4.78, 5) is 15.8. The maximum absolute atomic E-state index is 11.7. The molecule has 0 bridgehead atoms. The maximum Gasteiger partial charge on any atom is 0.350 e. The van der Waals surface area contributed by atoms with Crippen molar-refractivity contribution in [1.82, 2.24) is 9.55 Å². The molecule has 1 aromatic carbocycles. The van der Waals surface area contributed by atoms with Crippen LogP contribution in [0.4, 0.5) is 5.82 Å². The predicted octanol–water partition coefficient (Wildman–Crippen LogP) is 1.38. The zero-order valence-corrected chi connectivity index (χ0v) is 8.40. The Morgan fingerprint density at radius 3 is 3.13 bits per heavy atom. The van der Waals surface area contributed by atoms with Crippen LogP contribution in [0.3, 0.4) is 0 Å². The van der Waals surface area contributed by atoms with Crippen molar-refractivity contribution in [2.45, 2.75) is 13.0 Å². The Kier molecular flexibility index (Phi) is 1.59. The fraction of sp³-hybridized carbons (Fsp3) is 0.273. The monoisotopic (exact) mass is 201 g/mol. The highest BCUT2D eigenvalue weighted by Crippen LogP contribution is 2.26. The van der Waals surface area contributed by atoms with E-state index in [2.05, 4.69) is 10.3 Å². The van der Waals surface area contributed by atoms with Gasteiger partial charge in [-0.05, 0) is 19.1 Å². The molecule has 0 radical (unpaired) electrons. The number of anilines is 1. The molecule has 2 heterocycles. The lowest BCUT2D eigenvalue weighted by atomic mass is 10.2. The van der Waals surface area contributed by atoms with Gasteiger partial charge < -0.3 is 5.32 Å². The topological polar surface area (TPSA) is 46.9 Å². The summed E-state index contributed by atoms with van der Waals surface area (Å²) in [5.74, 6) is 0.901. The van der Waals surface area contributed by atoms with Gasteiger partial charge in [0, 0.05) is 11.9 Å². The molecule has 1 unspecified atom stereocenters. The minimum atomic E-state index is -0.166. The number of para-hydroxylation sites is 1. The van der Waals surface area contributed by atoms with Crippen LogP contribution in [0.25, 0.3) is 10.9 Å². The molecule has 1 N–H and O–H groups in total. The maximum atomic E-state index is 11.7. The summed E-state index contributed by atoms with van der Waals surface area (Å²) in [5.41, 5.74) is 0.594. The molecule has 1 aliphatic rings. The summed E-state index contributed by atoms with van der Waals surface area (Å²) in [7, 11) is 0. The first-order valence-electron chi connectivity index (χ1n) is 5.02. The second-order valence-corrected chi connectivity index (χ2v) is 3.86. The van der Waals surface area contributed by atoms with Gasteiger partial charge in [0.25, 0.3) is 0 Å². The van der Waals surface area contributed by atoms with Crippen molar-refractivity contribution in [2.75, 3.05) is 11.9 Å². The summed E-state index contributed by atoms with van der Waals surface area (Å²) in [6.45, 7) is 2.81. The molecular formula is C11H11N3O. The van der Waals surface area contributed by atoms with E-state index >= 15 is 0 Å². The number of hydrogen-bond acceptors (Lipinski definition) is 3. The van der Waals surface area contributed by atoms with Gasteiger partial charge in [0.15, 0.2) is 0 Å². The van der Waals surface area contributed by atoms with Gasteiger partial charge >= 0.3 is 5.69 Å². The Morgan fingerprint density at radius 1 is 1.47 bits per heavy atom. The van der Waals surface area contributed by atoms with E-state index in [1.165, 1.54) is 0 Å². The predicted molar refractivity (Wildman–Crippen MR) is 59.2 cm³/mol.